The molecule has 1 aliphatic rings. The van der Waals surface area contributed by atoms with E-state index in [4.69, 9.17) is 0 Å². The molecule has 0 unspecified atom stereocenters. The van der Waals surface area contributed by atoms with Gasteiger partial charge >= 0.3 is 0 Å². The van der Waals surface area contributed by atoms with Gasteiger partial charge in [0.05, 0.1) is 0 Å². The summed E-state index contributed by atoms with van der Waals surface area (Å²) in [5.41, 5.74) is 0. The summed E-state index contributed by atoms with van der Waals surface area (Å²) in [4.78, 5) is 2.31. The van der Waals surface area contributed by atoms with Gasteiger partial charge < -0.3 is 10.2 Å². The van der Waals surface area contributed by atoms with E-state index in [1.165, 1.54) is 45.1 Å². The fourth-order valence-electron chi connectivity index (χ4n) is 2.93. The molecule has 0 radical (unpaired) electrons. The molecule has 0 aromatic heterocycles. The molecule has 0 amide bonds. The standard InChI is InChI=1S/C14H30N2/c1-12(2)15-14(11-16(3)4)10-13-8-6-5-7-9-13/h12-15H,5-11H2,1-4H3/t14-/m1/s1. The van der Waals surface area contributed by atoms with Crippen molar-refractivity contribution in [2.45, 2.75) is 64.5 Å². The molecule has 1 rings (SSSR count). The first-order valence-corrected chi connectivity index (χ1v) is 6.98. The topological polar surface area (TPSA) is 15.3 Å². The molecule has 1 aliphatic carbocycles. The Balaban J connectivity index is 2.35. The predicted molar refractivity (Wildman–Crippen MR) is 71.8 cm³/mol. The van der Waals surface area contributed by atoms with E-state index < -0.39 is 0 Å². The lowest BCUT2D eigenvalue weighted by atomic mass is 9.84. The molecule has 96 valence electrons. The zero-order chi connectivity index (χ0) is 12.0. The average Bonchev–Trinajstić information content (AvgIpc) is 2.16. The number of hydrogen-bond donors (Lipinski definition) is 1. The number of nitrogens with one attached hydrogen (secondary N) is 1. The van der Waals surface area contributed by atoms with Crippen molar-refractivity contribution in [2.24, 2.45) is 5.92 Å². The molecule has 1 atom stereocenters. The van der Waals surface area contributed by atoms with Crippen LogP contribution in [0.4, 0.5) is 0 Å². The smallest absolute Gasteiger partial charge is 0.0199 e. The van der Waals surface area contributed by atoms with Gasteiger partial charge in [0.1, 0.15) is 0 Å². The highest BCUT2D eigenvalue weighted by Gasteiger charge is 2.19. The fourth-order valence-corrected chi connectivity index (χ4v) is 2.93. The Kier molecular flexibility index (Phi) is 6.37. The number of hydrogen-bond acceptors (Lipinski definition) is 2. The van der Waals surface area contributed by atoms with Crippen LogP contribution in [-0.4, -0.2) is 37.6 Å². The molecule has 0 aromatic rings. The van der Waals surface area contributed by atoms with Gasteiger partial charge in [-0.05, 0) is 26.4 Å². The second-order valence-corrected chi connectivity index (χ2v) is 6.02. The normalized spacial score (nSPS) is 20.6. The zero-order valence-electron chi connectivity index (χ0n) is 11.6. The molecule has 0 bridgehead atoms. The summed E-state index contributed by atoms with van der Waals surface area (Å²) in [5.74, 6) is 0.977. The molecular formula is C14H30N2. The van der Waals surface area contributed by atoms with Crippen molar-refractivity contribution in [3.8, 4) is 0 Å². The quantitative estimate of drug-likeness (QED) is 0.749. The summed E-state index contributed by atoms with van der Waals surface area (Å²) in [6.07, 6.45) is 8.68. The van der Waals surface area contributed by atoms with Crippen LogP contribution in [0.5, 0.6) is 0 Å². The highest BCUT2D eigenvalue weighted by Crippen LogP contribution is 2.27. The molecule has 2 heteroatoms. The summed E-state index contributed by atoms with van der Waals surface area (Å²) >= 11 is 0. The van der Waals surface area contributed by atoms with E-state index in [0.29, 0.717) is 12.1 Å². The Morgan fingerprint density at radius 2 is 1.75 bits per heavy atom. The molecule has 1 N–H and O–H groups in total. The first-order chi connectivity index (χ1) is 7.58. The maximum atomic E-state index is 3.72. The Bertz CT molecular complexity index is 162. The number of likely N-dealkylation sites (N-methyl/N-ethyl adjacent to an activating group) is 1. The summed E-state index contributed by atoms with van der Waals surface area (Å²) in [6.45, 7) is 5.68. The van der Waals surface area contributed by atoms with E-state index in [2.05, 4.69) is 38.2 Å². The van der Waals surface area contributed by atoms with Gasteiger partial charge in [0.15, 0.2) is 0 Å². The van der Waals surface area contributed by atoms with Crippen LogP contribution in [0.25, 0.3) is 0 Å². The van der Waals surface area contributed by atoms with Crippen LogP contribution >= 0.6 is 0 Å². The molecule has 0 heterocycles. The molecular weight excluding hydrogens is 196 g/mol. The van der Waals surface area contributed by atoms with Crippen LogP contribution in [0.2, 0.25) is 0 Å². The van der Waals surface area contributed by atoms with Crippen molar-refractivity contribution in [2.75, 3.05) is 20.6 Å². The van der Waals surface area contributed by atoms with Gasteiger partial charge in [-0.2, -0.15) is 0 Å². The Morgan fingerprint density at radius 3 is 2.25 bits per heavy atom. The molecule has 0 aromatic carbocycles. The van der Waals surface area contributed by atoms with Gasteiger partial charge in [0.2, 0.25) is 0 Å². The first kappa shape index (κ1) is 14.0. The molecule has 0 saturated heterocycles. The molecule has 1 fully saturated rings. The molecule has 1 saturated carbocycles. The summed E-state index contributed by atoms with van der Waals surface area (Å²) < 4.78 is 0. The van der Waals surface area contributed by atoms with Crippen molar-refractivity contribution in [1.82, 2.24) is 10.2 Å². The van der Waals surface area contributed by atoms with E-state index in [1.54, 1.807) is 0 Å². The van der Waals surface area contributed by atoms with Crippen LogP contribution in [0.1, 0.15) is 52.4 Å². The molecule has 16 heavy (non-hydrogen) atoms. The van der Waals surface area contributed by atoms with E-state index >= 15 is 0 Å². The van der Waals surface area contributed by atoms with Gasteiger partial charge in [0.25, 0.3) is 0 Å². The molecule has 2 nitrogen and oxygen atoms in total. The average molecular weight is 226 g/mol. The number of nitrogens with zero attached hydrogens (tertiary/aromatic N) is 1. The minimum Gasteiger partial charge on any atom is -0.310 e. The second-order valence-electron chi connectivity index (χ2n) is 6.02. The van der Waals surface area contributed by atoms with Crippen molar-refractivity contribution < 1.29 is 0 Å². The number of rotatable bonds is 6. The monoisotopic (exact) mass is 226 g/mol. The minimum atomic E-state index is 0.605. The summed E-state index contributed by atoms with van der Waals surface area (Å²) in [6, 6.07) is 1.28. The van der Waals surface area contributed by atoms with Gasteiger partial charge in [0, 0.05) is 18.6 Å². The van der Waals surface area contributed by atoms with Crippen molar-refractivity contribution in [3.63, 3.8) is 0 Å². The summed E-state index contributed by atoms with van der Waals surface area (Å²) in [7, 11) is 4.35. The maximum Gasteiger partial charge on any atom is 0.0199 e. The van der Waals surface area contributed by atoms with Gasteiger partial charge in [-0.3, -0.25) is 0 Å². The Hall–Kier alpha value is -0.0800. The third kappa shape index (κ3) is 5.86. The maximum absolute atomic E-state index is 3.72. The first-order valence-electron chi connectivity index (χ1n) is 6.98. The predicted octanol–water partition coefficient (Wildman–Crippen LogP) is 2.89. The van der Waals surface area contributed by atoms with E-state index in [9.17, 15) is 0 Å². The lowest BCUT2D eigenvalue weighted by Crippen LogP contribution is -2.43. The molecule has 0 aliphatic heterocycles. The third-order valence-corrected chi connectivity index (χ3v) is 3.50. The Morgan fingerprint density at radius 1 is 1.12 bits per heavy atom. The van der Waals surface area contributed by atoms with E-state index in [1.807, 2.05) is 0 Å². The second kappa shape index (κ2) is 7.29. The van der Waals surface area contributed by atoms with Crippen molar-refractivity contribution >= 4 is 0 Å². The zero-order valence-corrected chi connectivity index (χ0v) is 11.6. The fraction of sp³-hybridized carbons (Fsp3) is 1.00. The van der Waals surface area contributed by atoms with Crippen LogP contribution in [0, 0.1) is 5.92 Å². The largest absolute Gasteiger partial charge is 0.310 e. The van der Waals surface area contributed by atoms with Crippen LogP contribution in [-0.2, 0) is 0 Å². The van der Waals surface area contributed by atoms with Gasteiger partial charge in [-0.1, -0.05) is 46.0 Å². The minimum absolute atomic E-state index is 0.605. The highest BCUT2D eigenvalue weighted by atomic mass is 15.1. The van der Waals surface area contributed by atoms with Crippen LogP contribution in [0.3, 0.4) is 0 Å². The third-order valence-electron chi connectivity index (χ3n) is 3.50. The van der Waals surface area contributed by atoms with Crippen LogP contribution < -0.4 is 5.32 Å². The Labute approximate surface area is 102 Å². The molecule has 0 spiro atoms. The van der Waals surface area contributed by atoms with Crippen molar-refractivity contribution in [1.29, 1.82) is 0 Å². The van der Waals surface area contributed by atoms with E-state index in [0.717, 1.165) is 5.92 Å². The summed E-state index contributed by atoms with van der Waals surface area (Å²) in [5, 5.41) is 3.72. The SMILES string of the molecule is CC(C)N[C@H](CC1CCCCC1)CN(C)C. The van der Waals surface area contributed by atoms with Crippen molar-refractivity contribution in [3.05, 3.63) is 0 Å². The van der Waals surface area contributed by atoms with Gasteiger partial charge in [-0.15, -0.1) is 0 Å². The van der Waals surface area contributed by atoms with Crippen LogP contribution in [0.15, 0.2) is 0 Å². The lowest BCUT2D eigenvalue weighted by molar-refractivity contribution is 0.250. The van der Waals surface area contributed by atoms with E-state index in [-0.39, 0.29) is 0 Å². The highest BCUT2D eigenvalue weighted by molar-refractivity contribution is 4.77. The van der Waals surface area contributed by atoms with Gasteiger partial charge in [-0.25, -0.2) is 0 Å². The lowest BCUT2D eigenvalue weighted by Gasteiger charge is -2.30.